The van der Waals surface area contributed by atoms with Crippen LogP contribution >= 0.6 is 0 Å². The molecule has 0 saturated carbocycles. The Morgan fingerprint density at radius 3 is 2.38 bits per heavy atom. The molecule has 0 radical (unpaired) electrons. The van der Waals surface area contributed by atoms with E-state index in [2.05, 4.69) is 10.1 Å². The number of rotatable bonds is 7. The topological polar surface area (TPSA) is 64.6 Å². The second-order valence-corrected chi connectivity index (χ2v) is 3.59. The van der Waals surface area contributed by atoms with Crippen molar-refractivity contribution >= 4 is 11.9 Å². The predicted molar refractivity (Wildman–Crippen MR) is 59.9 cm³/mol. The molecule has 0 aliphatic heterocycles. The minimum Gasteiger partial charge on any atom is -0.467 e. The zero-order chi connectivity index (χ0) is 12.6. The van der Waals surface area contributed by atoms with Crippen molar-refractivity contribution < 1.29 is 19.1 Å². The summed E-state index contributed by atoms with van der Waals surface area (Å²) in [7, 11) is 1.31. The van der Waals surface area contributed by atoms with Gasteiger partial charge in [0.15, 0.2) is 0 Å². The number of hydrogen-bond donors (Lipinski definition) is 1. The maximum Gasteiger partial charge on any atom is 0.328 e. The summed E-state index contributed by atoms with van der Waals surface area (Å²) in [6, 6.07) is -0.594. The number of carbonyl (C=O) groups excluding carboxylic acids is 2. The van der Waals surface area contributed by atoms with Gasteiger partial charge in [-0.05, 0) is 12.8 Å². The number of amides is 1. The number of methoxy groups -OCH3 is 1. The van der Waals surface area contributed by atoms with Gasteiger partial charge in [-0.3, -0.25) is 4.79 Å². The molecule has 0 fully saturated rings. The maximum atomic E-state index is 11.4. The highest BCUT2D eigenvalue weighted by Crippen LogP contribution is 2.09. The van der Waals surface area contributed by atoms with Crippen molar-refractivity contribution in [2.75, 3.05) is 20.3 Å². The molecule has 0 bridgehead atoms. The minimum absolute atomic E-state index is 0.0274. The van der Waals surface area contributed by atoms with Crippen LogP contribution in [0.4, 0.5) is 0 Å². The van der Waals surface area contributed by atoms with Crippen molar-refractivity contribution in [3.05, 3.63) is 0 Å². The molecule has 0 rings (SSSR count). The quantitative estimate of drug-likeness (QED) is 0.656. The summed E-state index contributed by atoms with van der Waals surface area (Å²) in [6.45, 7) is 6.09. The molecular formula is C11H21NO4. The third-order valence-corrected chi connectivity index (χ3v) is 2.42. The number of carbonyl (C=O) groups is 2. The Morgan fingerprint density at radius 1 is 1.31 bits per heavy atom. The molecule has 2 atom stereocenters. The van der Waals surface area contributed by atoms with Crippen molar-refractivity contribution in [3.8, 4) is 0 Å². The van der Waals surface area contributed by atoms with Gasteiger partial charge in [-0.25, -0.2) is 4.79 Å². The van der Waals surface area contributed by atoms with Gasteiger partial charge in [0.2, 0.25) is 5.91 Å². The summed E-state index contributed by atoms with van der Waals surface area (Å²) in [5.74, 6) is -0.672. The third-order valence-electron chi connectivity index (χ3n) is 2.42. The summed E-state index contributed by atoms with van der Waals surface area (Å²) in [4.78, 5) is 22.9. The first kappa shape index (κ1) is 14.9. The molecule has 0 aromatic carbocycles. The molecule has 16 heavy (non-hydrogen) atoms. The van der Waals surface area contributed by atoms with E-state index in [1.54, 1.807) is 6.92 Å². The molecule has 5 heteroatoms. The number of hydrogen-bond acceptors (Lipinski definition) is 4. The summed E-state index contributed by atoms with van der Waals surface area (Å²) in [5.41, 5.74) is 0. The van der Waals surface area contributed by atoms with Crippen LogP contribution in [0.1, 0.15) is 27.2 Å². The van der Waals surface area contributed by atoms with Crippen molar-refractivity contribution in [2.45, 2.75) is 33.2 Å². The molecular weight excluding hydrogens is 210 g/mol. The first-order valence-electron chi connectivity index (χ1n) is 5.51. The summed E-state index contributed by atoms with van der Waals surface area (Å²) >= 11 is 0. The van der Waals surface area contributed by atoms with Crippen molar-refractivity contribution in [1.82, 2.24) is 5.32 Å². The first-order chi connectivity index (χ1) is 7.56. The molecule has 5 nitrogen and oxygen atoms in total. The molecule has 0 aromatic heterocycles. The van der Waals surface area contributed by atoms with E-state index >= 15 is 0 Å². The van der Waals surface area contributed by atoms with Gasteiger partial charge in [0.1, 0.15) is 12.6 Å². The van der Waals surface area contributed by atoms with Crippen LogP contribution in [-0.4, -0.2) is 38.2 Å². The van der Waals surface area contributed by atoms with Gasteiger partial charge in [0.05, 0.1) is 7.11 Å². The summed E-state index contributed by atoms with van der Waals surface area (Å²) in [5, 5.41) is 2.61. The largest absolute Gasteiger partial charge is 0.467 e. The molecule has 1 N–H and O–H groups in total. The number of nitrogens with one attached hydrogen (secondary N) is 1. The van der Waals surface area contributed by atoms with Crippen LogP contribution in [0.5, 0.6) is 0 Å². The smallest absolute Gasteiger partial charge is 0.328 e. The van der Waals surface area contributed by atoms with Crippen LogP contribution in [0.3, 0.4) is 0 Å². The minimum atomic E-state index is -0.594. The third kappa shape index (κ3) is 5.11. The van der Waals surface area contributed by atoms with E-state index < -0.39 is 12.0 Å². The molecule has 0 unspecified atom stereocenters. The van der Waals surface area contributed by atoms with Crippen molar-refractivity contribution in [1.29, 1.82) is 0 Å². The summed E-state index contributed by atoms with van der Waals surface area (Å²) < 4.78 is 9.60. The summed E-state index contributed by atoms with van der Waals surface area (Å²) in [6.07, 6.45) is 0.786. The highest BCUT2D eigenvalue weighted by Gasteiger charge is 2.26. The van der Waals surface area contributed by atoms with E-state index in [0.29, 0.717) is 6.61 Å². The lowest BCUT2D eigenvalue weighted by molar-refractivity contribution is -0.147. The first-order valence-corrected chi connectivity index (χ1v) is 5.51. The van der Waals surface area contributed by atoms with Gasteiger partial charge >= 0.3 is 5.97 Å². The average Bonchev–Trinajstić information content (AvgIpc) is 2.31. The second kappa shape index (κ2) is 8.10. The zero-order valence-corrected chi connectivity index (χ0v) is 10.4. The van der Waals surface area contributed by atoms with E-state index in [4.69, 9.17) is 4.74 Å². The Bertz CT molecular complexity index is 230. The Kier molecular flexibility index (Phi) is 7.54. The Balaban J connectivity index is 4.31. The average molecular weight is 231 g/mol. The lowest BCUT2D eigenvalue weighted by Crippen LogP contribution is -2.46. The Labute approximate surface area is 96.5 Å². The highest BCUT2D eigenvalue weighted by atomic mass is 16.5. The monoisotopic (exact) mass is 231 g/mol. The molecule has 1 amide bonds. The molecule has 94 valence electrons. The Hall–Kier alpha value is -1.10. The fraction of sp³-hybridized carbons (Fsp3) is 0.818. The van der Waals surface area contributed by atoms with Crippen molar-refractivity contribution in [2.24, 2.45) is 5.92 Å². The molecule has 0 aliphatic rings. The standard InChI is InChI=1S/C11H21NO4/c1-5-8(3)10(11(14)15-4)12-9(13)7-16-6-2/h8,10H,5-7H2,1-4H3,(H,12,13)/t8-,10-/m0/s1. The van der Waals surface area contributed by atoms with Crippen LogP contribution in [0.15, 0.2) is 0 Å². The van der Waals surface area contributed by atoms with E-state index in [9.17, 15) is 9.59 Å². The van der Waals surface area contributed by atoms with E-state index in [1.165, 1.54) is 7.11 Å². The lowest BCUT2D eigenvalue weighted by atomic mass is 9.99. The van der Waals surface area contributed by atoms with Gasteiger partial charge in [-0.1, -0.05) is 20.3 Å². The maximum absolute atomic E-state index is 11.4. The van der Waals surface area contributed by atoms with Crippen LogP contribution < -0.4 is 5.32 Å². The molecule has 0 saturated heterocycles. The molecule has 0 aromatic rings. The van der Waals surface area contributed by atoms with E-state index in [-0.39, 0.29) is 18.4 Å². The predicted octanol–water partition coefficient (Wildman–Crippen LogP) is 0.727. The SMILES string of the molecule is CCOCC(=O)N[C@H](C(=O)OC)[C@@H](C)CC. The number of esters is 1. The van der Waals surface area contributed by atoms with Gasteiger partial charge in [0, 0.05) is 6.61 Å². The van der Waals surface area contributed by atoms with Crippen LogP contribution in [0, 0.1) is 5.92 Å². The van der Waals surface area contributed by atoms with Gasteiger partial charge in [0.25, 0.3) is 0 Å². The van der Waals surface area contributed by atoms with Crippen LogP contribution in [-0.2, 0) is 19.1 Å². The van der Waals surface area contributed by atoms with Crippen molar-refractivity contribution in [3.63, 3.8) is 0 Å². The number of ether oxygens (including phenoxy) is 2. The zero-order valence-electron chi connectivity index (χ0n) is 10.4. The fourth-order valence-electron chi connectivity index (χ4n) is 1.21. The van der Waals surface area contributed by atoms with Gasteiger partial charge in [-0.15, -0.1) is 0 Å². The fourth-order valence-corrected chi connectivity index (χ4v) is 1.21. The molecule has 0 aliphatic carbocycles. The van der Waals surface area contributed by atoms with Gasteiger partial charge < -0.3 is 14.8 Å². The Morgan fingerprint density at radius 2 is 1.94 bits per heavy atom. The van der Waals surface area contributed by atoms with E-state index in [1.807, 2.05) is 13.8 Å². The van der Waals surface area contributed by atoms with Gasteiger partial charge in [-0.2, -0.15) is 0 Å². The lowest BCUT2D eigenvalue weighted by Gasteiger charge is -2.21. The second-order valence-electron chi connectivity index (χ2n) is 3.59. The molecule has 0 heterocycles. The van der Waals surface area contributed by atoms with Crippen LogP contribution in [0.25, 0.3) is 0 Å². The molecule has 0 spiro atoms. The van der Waals surface area contributed by atoms with E-state index in [0.717, 1.165) is 6.42 Å². The normalized spacial score (nSPS) is 14.0. The van der Waals surface area contributed by atoms with Crippen LogP contribution in [0.2, 0.25) is 0 Å². The highest BCUT2D eigenvalue weighted by molar-refractivity contribution is 5.85.